The van der Waals surface area contributed by atoms with Crippen LogP contribution < -0.4 is 19.7 Å². The topological polar surface area (TPSA) is 81.0 Å². The second kappa shape index (κ2) is 9.59. The number of anilines is 1. The van der Waals surface area contributed by atoms with Crippen LogP contribution in [-0.4, -0.2) is 24.6 Å². The average molecular weight is 464 g/mol. The molecule has 1 N–H and O–H groups in total. The largest absolute Gasteiger partial charge is 0.459 e. The Balaban J connectivity index is 1.58. The first-order chi connectivity index (χ1) is 16.6. The normalized spacial score (nSPS) is 16.1. The van der Waals surface area contributed by atoms with Gasteiger partial charge in [-0.3, -0.25) is 14.5 Å². The number of rotatable bonds is 6. The zero-order valence-corrected chi connectivity index (χ0v) is 18.5. The summed E-state index contributed by atoms with van der Waals surface area (Å²) < 4.78 is 30.1. The summed E-state index contributed by atoms with van der Waals surface area (Å²) in [4.78, 5) is 28.8. The zero-order chi connectivity index (χ0) is 23.5. The smallest absolute Gasteiger partial charge is 0.294 e. The Hall–Kier alpha value is -3.81. The van der Waals surface area contributed by atoms with Crippen molar-refractivity contribution in [1.29, 1.82) is 0 Å². The molecule has 1 aliphatic heterocycles. The van der Waals surface area contributed by atoms with E-state index in [1.807, 2.05) is 0 Å². The molecule has 8 heteroatoms. The fraction of sp³-hybridized carbons (Fsp3) is 0.308. The maximum Gasteiger partial charge on any atom is 0.294 e. The van der Waals surface area contributed by atoms with E-state index in [-0.39, 0.29) is 24.5 Å². The van der Waals surface area contributed by atoms with Crippen molar-refractivity contribution in [2.24, 2.45) is 0 Å². The van der Waals surface area contributed by atoms with Crippen molar-refractivity contribution in [3.63, 3.8) is 0 Å². The van der Waals surface area contributed by atoms with Crippen LogP contribution >= 0.6 is 0 Å². The van der Waals surface area contributed by atoms with Gasteiger partial charge in [0.15, 0.2) is 17.3 Å². The number of ether oxygens (including phenoxy) is 2. The number of furan rings is 1. The van der Waals surface area contributed by atoms with E-state index in [4.69, 9.17) is 13.9 Å². The van der Waals surface area contributed by atoms with E-state index in [2.05, 4.69) is 5.32 Å². The Kier molecular flexibility index (Phi) is 6.20. The summed E-state index contributed by atoms with van der Waals surface area (Å²) in [5.74, 6) is -0.162. The van der Waals surface area contributed by atoms with E-state index in [1.54, 1.807) is 30.3 Å². The lowest BCUT2D eigenvalue weighted by atomic mass is 9.94. The van der Waals surface area contributed by atoms with E-state index in [0.717, 1.165) is 32.1 Å². The minimum Gasteiger partial charge on any atom is -0.459 e. The Bertz CT molecular complexity index is 1160. The molecule has 5 rings (SSSR count). The number of amides is 2. The molecule has 0 saturated heterocycles. The third-order valence-electron chi connectivity index (χ3n) is 6.23. The number of hydrogen-bond donors (Lipinski definition) is 1. The highest BCUT2D eigenvalue weighted by Gasteiger charge is 2.36. The predicted octanol–water partition coefficient (Wildman–Crippen LogP) is 4.98. The molecule has 2 heterocycles. The fourth-order valence-corrected chi connectivity index (χ4v) is 4.53. The van der Waals surface area contributed by atoms with Gasteiger partial charge in [0.05, 0.1) is 6.26 Å². The van der Waals surface area contributed by atoms with Gasteiger partial charge in [-0.1, -0.05) is 31.4 Å². The van der Waals surface area contributed by atoms with Crippen LogP contribution in [0.2, 0.25) is 0 Å². The Labute approximate surface area is 196 Å². The number of benzene rings is 2. The summed E-state index contributed by atoms with van der Waals surface area (Å²) in [6.07, 6.45) is 6.41. The molecule has 7 nitrogen and oxygen atoms in total. The van der Waals surface area contributed by atoms with Crippen LogP contribution in [0.25, 0.3) is 0 Å². The second-order valence-electron chi connectivity index (χ2n) is 8.49. The van der Waals surface area contributed by atoms with Crippen LogP contribution in [0.1, 0.15) is 54.3 Å². The summed E-state index contributed by atoms with van der Waals surface area (Å²) >= 11 is 0. The standard InChI is InChI=1S/C26H25FN2O5/c27-18-10-8-17(9-11-18)24(25(30)28-19-5-2-1-3-6-19)29(26(31)22-7-4-14-32-22)20-12-13-21-23(15-20)34-16-33-21/h4,7-15,19,24H,1-3,5-6,16H2,(H,28,30)/t24-/m0/s1. The Morgan fingerprint density at radius 1 is 0.971 bits per heavy atom. The van der Waals surface area contributed by atoms with Gasteiger partial charge in [-0.15, -0.1) is 0 Å². The molecule has 1 aliphatic carbocycles. The number of nitrogens with one attached hydrogen (secondary N) is 1. The first-order valence-corrected chi connectivity index (χ1v) is 11.4. The highest BCUT2D eigenvalue weighted by atomic mass is 19.1. The van der Waals surface area contributed by atoms with Crippen molar-refractivity contribution in [3.8, 4) is 11.5 Å². The Morgan fingerprint density at radius 2 is 1.74 bits per heavy atom. The van der Waals surface area contributed by atoms with Crippen molar-refractivity contribution >= 4 is 17.5 Å². The van der Waals surface area contributed by atoms with E-state index in [1.165, 1.54) is 35.4 Å². The highest BCUT2D eigenvalue weighted by molar-refractivity contribution is 6.08. The number of halogens is 1. The summed E-state index contributed by atoms with van der Waals surface area (Å²) in [5.41, 5.74) is 0.908. The van der Waals surface area contributed by atoms with Crippen LogP contribution in [0.5, 0.6) is 11.5 Å². The fourth-order valence-electron chi connectivity index (χ4n) is 4.53. The molecule has 1 fully saturated rings. The van der Waals surface area contributed by atoms with Gasteiger partial charge in [-0.2, -0.15) is 0 Å². The lowest BCUT2D eigenvalue weighted by Gasteiger charge is -2.33. The maximum atomic E-state index is 13.8. The number of fused-ring (bicyclic) bond motifs is 1. The lowest BCUT2D eigenvalue weighted by molar-refractivity contribution is -0.123. The third-order valence-corrected chi connectivity index (χ3v) is 6.23. The molecule has 176 valence electrons. The quantitative estimate of drug-likeness (QED) is 0.556. The molecule has 0 radical (unpaired) electrons. The predicted molar refractivity (Wildman–Crippen MR) is 122 cm³/mol. The average Bonchev–Trinajstić information content (AvgIpc) is 3.55. The molecule has 2 aromatic carbocycles. The molecule has 34 heavy (non-hydrogen) atoms. The zero-order valence-electron chi connectivity index (χ0n) is 18.5. The van der Waals surface area contributed by atoms with Crippen molar-refractivity contribution in [3.05, 3.63) is 78.0 Å². The van der Waals surface area contributed by atoms with Crippen LogP contribution in [0.4, 0.5) is 10.1 Å². The van der Waals surface area contributed by atoms with Gasteiger partial charge in [-0.05, 0) is 54.8 Å². The van der Waals surface area contributed by atoms with Gasteiger partial charge in [-0.25, -0.2) is 4.39 Å². The van der Waals surface area contributed by atoms with Gasteiger partial charge in [0, 0.05) is 17.8 Å². The van der Waals surface area contributed by atoms with E-state index in [0.29, 0.717) is 22.7 Å². The van der Waals surface area contributed by atoms with Crippen molar-refractivity contribution in [2.45, 2.75) is 44.2 Å². The van der Waals surface area contributed by atoms with Crippen LogP contribution in [0.15, 0.2) is 65.3 Å². The van der Waals surface area contributed by atoms with Gasteiger partial charge in [0.1, 0.15) is 11.9 Å². The molecule has 3 aromatic rings. The molecule has 0 bridgehead atoms. The summed E-state index contributed by atoms with van der Waals surface area (Å²) in [6, 6.07) is 12.8. The van der Waals surface area contributed by atoms with Gasteiger partial charge < -0.3 is 19.2 Å². The molecule has 0 spiro atoms. The van der Waals surface area contributed by atoms with Crippen molar-refractivity contribution in [1.82, 2.24) is 5.32 Å². The molecular weight excluding hydrogens is 439 g/mol. The number of nitrogens with zero attached hydrogens (tertiary/aromatic N) is 1. The van der Waals surface area contributed by atoms with E-state index in [9.17, 15) is 14.0 Å². The second-order valence-corrected chi connectivity index (χ2v) is 8.49. The Morgan fingerprint density at radius 3 is 2.47 bits per heavy atom. The molecule has 1 atom stereocenters. The molecule has 2 aliphatic rings. The summed E-state index contributed by atoms with van der Waals surface area (Å²) in [7, 11) is 0. The summed E-state index contributed by atoms with van der Waals surface area (Å²) in [5, 5.41) is 3.12. The minimum absolute atomic E-state index is 0.0292. The molecule has 2 amide bonds. The molecular formula is C26H25FN2O5. The SMILES string of the molecule is O=C(NC1CCCCC1)[C@H](c1ccc(F)cc1)N(C(=O)c1ccco1)c1ccc2c(c1)OCO2. The first-order valence-electron chi connectivity index (χ1n) is 11.4. The van der Waals surface area contributed by atoms with E-state index < -0.39 is 17.8 Å². The third kappa shape index (κ3) is 4.48. The van der Waals surface area contributed by atoms with E-state index >= 15 is 0 Å². The van der Waals surface area contributed by atoms with Crippen molar-refractivity contribution < 1.29 is 27.9 Å². The molecule has 0 unspecified atom stereocenters. The van der Waals surface area contributed by atoms with Crippen molar-refractivity contribution in [2.75, 3.05) is 11.7 Å². The minimum atomic E-state index is -1.06. The number of hydrogen-bond acceptors (Lipinski definition) is 5. The van der Waals surface area contributed by atoms with Crippen LogP contribution in [-0.2, 0) is 4.79 Å². The molecule has 1 saturated carbocycles. The highest BCUT2D eigenvalue weighted by Crippen LogP contribution is 2.39. The van der Waals surface area contributed by atoms with Gasteiger partial charge in [0.25, 0.3) is 5.91 Å². The monoisotopic (exact) mass is 464 g/mol. The molecule has 1 aromatic heterocycles. The van der Waals surface area contributed by atoms with Crippen LogP contribution in [0, 0.1) is 5.82 Å². The number of carbonyl (C=O) groups is 2. The van der Waals surface area contributed by atoms with Crippen LogP contribution in [0.3, 0.4) is 0 Å². The van der Waals surface area contributed by atoms with Gasteiger partial charge in [0.2, 0.25) is 12.7 Å². The number of carbonyl (C=O) groups excluding carboxylic acids is 2. The first kappa shape index (κ1) is 22.0. The van der Waals surface area contributed by atoms with Gasteiger partial charge >= 0.3 is 0 Å². The maximum absolute atomic E-state index is 13.8. The lowest BCUT2D eigenvalue weighted by Crippen LogP contribution is -2.47. The summed E-state index contributed by atoms with van der Waals surface area (Å²) in [6.45, 7) is 0.0779.